The number of methoxy groups -OCH3 is 2. The molecule has 5 nitrogen and oxygen atoms in total. The Morgan fingerprint density at radius 3 is 2.50 bits per heavy atom. The van der Waals surface area contributed by atoms with Crippen LogP contribution in [-0.4, -0.2) is 31.2 Å². The van der Waals surface area contributed by atoms with E-state index in [2.05, 4.69) is 31.2 Å². The Balaban J connectivity index is 3.12. The molecule has 0 saturated carbocycles. The fraction of sp³-hybridized carbons (Fsp3) is 0.500. The molecular formula is C8H12BrN3O2. The summed E-state index contributed by atoms with van der Waals surface area (Å²) < 4.78 is 10.8. The molecule has 0 atom stereocenters. The van der Waals surface area contributed by atoms with Crippen LogP contribution in [0.25, 0.3) is 0 Å². The molecule has 0 bridgehead atoms. The summed E-state index contributed by atoms with van der Waals surface area (Å²) in [6.07, 6.45) is 0. The fourth-order valence-electron chi connectivity index (χ4n) is 0.960. The van der Waals surface area contributed by atoms with E-state index in [1.807, 2.05) is 7.05 Å². The highest BCUT2D eigenvalue weighted by molar-refractivity contribution is 9.10. The molecule has 0 aliphatic rings. The lowest BCUT2D eigenvalue weighted by Gasteiger charge is -2.08. The molecule has 0 amide bonds. The molecule has 1 aromatic rings. The van der Waals surface area contributed by atoms with Crippen molar-refractivity contribution in [3.63, 3.8) is 0 Å². The van der Waals surface area contributed by atoms with Crippen LogP contribution in [0.5, 0.6) is 11.9 Å². The largest absolute Gasteiger partial charge is 0.480 e. The van der Waals surface area contributed by atoms with Crippen LogP contribution in [-0.2, 0) is 6.54 Å². The van der Waals surface area contributed by atoms with Gasteiger partial charge in [-0.2, -0.15) is 9.97 Å². The average Bonchev–Trinajstić information content (AvgIpc) is 2.21. The van der Waals surface area contributed by atoms with Gasteiger partial charge in [-0.05, 0) is 23.0 Å². The zero-order valence-corrected chi connectivity index (χ0v) is 9.88. The molecule has 78 valence electrons. The third kappa shape index (κ3) is 2.33. The van der Waals surface area contributed by atoms with Crippen molar-refractivity contribution in [3.05, 3.63) is 10.2 Å². The van der Waals surface area contributed by atoms with Gasteiger partial charge in [0.25, 0.3) is 0 Å². The predicted molar refractivity (Wildman–Crippen MR) is 55.6 cm³/mol. The molecule has 0 unspecified atom stereocenters. The topological polar surface area (TPSA) is 56.3 Å². The zero-order chi connectivity index (χ0) is 10.6. The Labute approximate surface area is 91.0 Å². The van der Waals surface area contributed by atoms with Crippen molar-refractivity contribution in [2.24, 2.45) is 0 Å². The summed E-state index contributed by atoms with van der Waals surface area (Å²) in [7, 11) is 4.91. The van der Waals surface area contributed by atoms with Crippen molar-refractivity contribution in [2.75, 3.05) is 21.3 Å². The molecule has 0 aliphatic heterocycles. The lowest BCUT2D eigenvalue weighted by Crippen LogP contribution is -2.10. The van der Waals surface area contributed by atoms with Gasteiger partial charge in [-0.15, -0.1) is 0 Å². The predicted octanol–water partition coefficient (Wildman–Crippen LogP) is 0.976. The lowest BCUT2D eigenvalue weighted by atomic mass is 10.4. The van der Waals surface area contributed by atoms with Gasteiger partial charge in [0.2, 0.25) is 5.88 Å². The van der Waals surface area contributed by atoms with Gasteiger partial charge in [-0.25, -0.2) is 0 Å². The first-order valence-corrected chi connectivity index (χ1v) is 4.81. The second kappa shape index (κ2) is 5.11. The Morgan fingerprint density at radius 1 is 1.29 bits per heavy atom. The highest BCUT2D eigenvalue weighted by Gasteiger charge is 2.12. The molecule has 1 aromatic heterocycles. The van der Waals surface area contributed by atoms with Crippen molar-refractivity contribution in [1.29, 1.82) is 0 Å². The fourth-order valence-corrected chi connectivity index (χ4v) is 1.44. The Morgan fingerprint density at radius 2 is 2.00 bits per heavy atom. The maximum absolute atomic E-state index is 5.07. The van der Waals surface area contributed by atoms with Crippen LogP contribution in [0.15, 0.2) is 4.47 Å². The van der Waals surface area contributed by atoms with Gasteiger partial charge in [0.1, 0.15) is 4.47 Å². The standard InChI is InChI=1S/C8H12BrN3O2/c1-10-4-5-6(9)7(13-2)12-8(11-5)14-3/h10H,4H2,1-3H3. The van der Waals surface area contributed by atoms with Crippen molar-refractivity contribution in [1.82, 2.24) is 15.3 Å². The molecule has 14 heavy (non-hydrogen) atoms. The summed E-state index contributed by atoms with van der Waals surface area (Å²) in [5.74, 6) is 0.474. The second-order valence-electron chi connectivity index (χ2n) is 2.51. The summed E-state index contributed by atoms with van der Waals surface area (Å²) in [6, 6.07) is 0.301. The van der Waals surface area contributed by atoms with Crippen molar-refractivity contribution in [3.8, 4) is 11.9 Å². The number of nitrogens with one attached hydrogen (secondary N) is 1. The van der Waals surface area contributed by atoms with Gasteiger partial charge in [0, 0.05) is 6.54 Å². The zero-order valence-electron chi connectivity index (χ0n) is 8.30. The highest BCUT2D eigenvalue weighted by atomic mass is 79.9. The molecule has 6 heteroatoms. The van der Waals surface area contributed by atoms with Gasteiger partial charge in [-0.1, -0.05) is 0 Å². The van der Waals surface area contributed by atoms with E-state index in [-0.39, 0.29) is 0 Å². The summed E-state index contributed by atoms with van der Waals surface area (Å²) in [6.45, 7) is 0.621. The van der Waals surface area contributed by atoms with E-state index >= 15 is 0 Å². The Kier molecular flexibility index (Phi) is 4.09. The van der Waals surface area contributed by atoms with E-state index in [0.717, 1.165) is 10.2 Å². The smallest absolute Gasteiger partial charge is 0.319 e. The molecule has 0 aromatic carbocycles. The SMILES string of the molecule is CNCc1nc(OC)nc(OC)c1Br. The van der Waals surface area contributed by atoms with Crippen LogP contribution in [0.3, 0.4) is 0 Å². The molecular weight excluding hydrogens is 250 g/mol. The number of aromatic nitrogens is 2. The van der Waals surface area contributed by atoms with Gasteiger partial charge in [-0.3, -0.25) is 0 Å². The van der Waals surface area contributed by atoms with E-state index in [4.69, 9.17) is 9.47 Å². The number of rotatable bonds is 4. The van der Waals surface area contributed by atoms with Crippen LogP contribution in [0.4, 0.5) is 0 Å². The number of halogens is 1. The number of ether oxygens (including phenoxy) is 2. The Bertz CT molecular complexity index is 320. The van der Waals surface area contributed by atoms with E-state index in [1.54, 1.807) is 7.11 Å². The summed E-state index contributed by atoms with van der Waals surface area (Å²) in [5, 5.41) is 3.00. The van der Waals surface area contributed by atoms with E-state index in [9.17, 15) is 0 Å². The molecule has 0 fully saturated rings. The third-order valence-electron chi connectivity index (χ3n) is 1.59. The van der Waals surface area contributed by atoms with Gasteiger partial charge in [0.15, 0.2) is 0 Å². The van der Waals surface area contributed by atoms with Crippen molar-refractivity contribution in [2.45, 2.75) is 6.54 Å². The van der Waals surface area contributed by atoms with E-state index in [1.165, 1.54) is 7.11 Å². The third-order valence-corrected chi connectivity index (χ3v) is 2.39. The molecule has 0 aliphatic carbocycles. The molecule has 0 radical (unpaired) electrons. The molecule has 1 rings (SSSR count). The molecule has 0 spiro atoms. The van der Waals surface area contributed by atoms with Crippen molar-refractivity contribution >= 4 is 15.9 Å². The minimum Gasteiger partial charge on any atom is -0.480 e. The number of hydrogen-bond donors (Lipinski definition) is 1. The Hall–Kier alpha value is -0.880. The molecule has 1 heterocycles. The minimum absolute atomic E-state index is 0.301. The van der Waals surface area contributed by atoms with Crippen LogP contribution in [0, 0.1) is 0 Å². The van der Waals surface area contributed by atoms with Crippen LogP contribution < -0.4 is 14.8 Å². The quantitative estimate of drug-likeness (QED) is 0.876. The lowest BCUT2D eigenvalue weighted by molar-refractivity contribution is 0.347. The maximum Gasteiger partial charge on any atom is 0.319 e. The highest BCUT2D eigenvalue weighted by Crippen LogP contribution is 2.27. The van der Waals surface area contributed by atoms with Crippen molar-refractivity contribution < 1.29 is 9.47 Å². The van der Waals surface area contributed by atoms with Crippen LogP contribution >= 0.6 is 15.9 Å². The second-order valence-corrected chi connectivity index (χ2v) is 3.30. The first kappa shape index (κ1) is 11.2. The summed E-state index contributed by atoms with van der Waals surface area (Å²) in [5.41, 5.74) is 0.802. The minimum atomic E-state index is 0.301. The van der Waals surface area contributed by atoms with E-state index in [0.29, 0.717) is 18.4 Å². The van der Waals surface area contributed by atoms with Crippen LogP contribution in [0.1, 0.15) is 5.69 Å². The average molecular weight is 262 g/mol. The monoisotopic (exact) mass is 261 g/mol. The molecule has 1 N–H and O–H groups in total. The first-order chi connectivity index (χ1) is 6.72. The van der Waals surface area contributed by atoms with Gasteiger partial charge in [0.05, 0.1) is 19.9 Å². The normalized spacial score (nSPS) is 10.0. The molecule has 0 saturated heterocycles. The summed E-state index contributed by atoms with van der Waals surface area (Å²) >= 11 is 3.36. The van der Waals surface area contributed by atoms with Gasteiger partial charge < -0.3 is 14.8 Å². The number of nitrogens with zero attached hydrogens (tertiary/aromatic N) is 2. The summed E-state index contributed by atoms with van der Waals surface area (Å²) in [4.78, 5) is 8.19. The maximum atomic E-state index is 5.07. The van der Waals surface area contributed by atoms with Gasteiger partial charge >= 0.3 is 6.01 Å². The number of hydrogen-bond acceptors (Lipinski definition) is 5. The first-order valence-electron chi connectivity index (χ1n) is 4.02. The van der Waals surface area contributed by atoms with E-state index < -0.39 is 0 Å². The van der Waals surface area contributed by atoms with Crippen LogP contribution in [0.2, 0.25) is 0 Å².